The number of hydrogen-bond donors (Lipinski definition) is 2. The Morgan fingerprint density at radius 1 is 1.48 bits per heavy atom. The number of amides is 1. The molecular weight excluding hydrogens is 350 g/mol. The van der Waals surface area contributed by atoms with Crippen LogP contribution in [0.15, 0.2) is 5.16 Å². The van der Waals surface area contributed by atoms with Gasteiger partial charge in [0.1, 0.15) is 15.6 Å². The van der Waals surface area contributed by atoms with Crippen molar-refractivity contribution in [3.05, 3.63) is 10.0 Å². The highest BCUT2D eigenvalue weighted by molar-refractivity contribution is 7.20. The maximum Gasteiger partial charge on any atom is 0.360 e. The van der Waals surface area contributed by atoms with Crippen molar-refractivity contribution in [3.63, 3.8) is 0 Å². The zero-order valence-corrected chi connectivity index (χ0v) is 14.0. The molecule has 1 heterocycles. The third kappa shape index (κ3) is 6.20. The molecule has 1 rings (SSSR count). The lowest BCUT2D eigenvalue weighted by molar-refractivity contribution is -0.160. The number of hydrogen-bond acceptors (Lipinski definition) is 8. The Kier molecular flexibility index (Phi) is 6.46. The van der Waals surface area contributed by atoms with Crippen LogP contribution in [0, 0.1) is 0 Å². The van der Waals surface area contributed by atoms with E-state index in [1.807, 2.05) is 0 Å². The summed E-state index contributed by atoms with van der Waals surface area (Å²) in [5, 5.41) is 14.8. The number of aliphatic carboxylic acids is 1. The number of halogens is 1. The number of nitrogens with one attached hydrogen (secondary N) is 1. The van der Waals surface area contributed by atoms with Gasteiger partial charge >= 0.3 is 11.9 Å². The van der Waals surface area contributed by atoms with Crippen LogP contribution in [0.25, 0.3) is 0 Å². The Morgan fingerprint density at radius 3 is 2.65 bits per heavy atom. The molecule has 23 heavy (non-hydrogen) atoms. The number of ether oxygens (including phenoxy) is 1. The first-order valence-corrected chi connectivity index (χ1v) is 7.35. The van der Waals surface area contributed by atoms with Crippen LogP contribution in [0.5, 0.6) is 0 Å². The molecule has 126 valence electrons. The molecule has 0 aliphatic rings. The first kappa shape index (κ1) is 18.8. The molecule has 0 saturated carbocycles. The molecule has 0 radical (unpaired) electrons. The van der Waals surface area contributed by atoms with E-state index in [1.165, 1.54) is 0 Å². The molecule has 1 aromatic rings. The average molecular weight is 364 g/mol. The van der Waals surface area contributed by atoms with E-state index in [2.05, 4.69) is 15.5 Å². The highest BCUT2D eigenvalue weighted by atomic mass is 35.5. The Labute approximate surface area is 140 Å². The lowest BCUT2D eigenvalue weighted by atomic mass is 10.2. The molecule has 0 aliphatic heterocycles. The minimum absolute atomic E-state index is 0.00336. The molecule has 1 aromatic heterocycles. The summed E-state index contributed by atoms with van der Waals surface area (Å²) >= 11 is 6.71. The molecule has 0 saturated heterocycles. The van der Waals surface area contributed by atoms with Crippen LogP contribution in [0.1, 0.15) is 26.5 Å². The molecule has 0 atom stereocenters. The van der Waals surface area contributed by atoms with Gasteiger partial charge in [0.15, 0.2) is 5.13 Å². The van der Waals surface area contributed by atoms with Crippen LogP contribution in [0.3, 0.4) is 0 Å². The van der Waals surface area contributed by atoms with E-state index < -0.39 is 29.9 Å². The summed E-state index contributed by atoms with van der Waals surface area (Å²) in [6, 6.07) is 0. The second kappa shape index (κ2) is 7.88. The van der Waals surface area contributed by atoms with Gasteiger partial charge in [0.25, 0.3) is 0 Å². The molecule has 0 aromatic carbocycles. The molecule has 9 nitrogen and oxygen atoms in total. The van der Waals surface area contributed by atoms with E-state index in [9.17, 15) is 14.4 Å². The van der Waals surface area contributed by atoms with Gasteiger partial charge in [-0.15, -0.1) is 0 Å². The molecule has 11 heteroatoms. The molecule has 0 aliphatic carbocycles. The van der Waals surface area contributed by atoms with Crippen molar-refractivity contribution in [1.82, 2.24) is 4.98 Å². The van der Waals surface area contributed by atoms with Crippen molar-refractivity contribution in [2.24, 2.45) is 5.16 Å². The number of carbonyl (C=O) groups is 3. The molecule has 0 spiro atoms. The normalized spacial score (nSPS) is 11.7. The molecular formula is C12H14ClN3O6S. The van der Waals surface area contributed by atoms with Crippen molar-refractivity contribution < 1.29 is 29.1 Å². The summed E-state index contributed by atoms with van der Waals surface area (Å²) in [5.74, 6) is -2.17. The number of nitrogens with zero attached hydrogens (tertiary/aromatic N) is 2. The van der Waals surface area contributed by atoms with Gasteiger partial charge in [-0.05, 0) is 20.8 Å². The van der Waals surface area contributed by atoms with E-state index >= 15 is 0 Å². The van der Waals surface area contributed by atoms with Gasteiger partial charge in [-0.1, -0.05) is 28.1 Å². The zero-order chi connectivity index (χ0) is 17.6. The van der Waals surface area contributed by atoms with E-state index in [0.29, 0.717) is 6.41 Å². The summed E-state index contributed by atoms with van der Waals surface area (Å²) in [7, 11) is 0. The van der Waals surface area contributed by atoms with Crippen LogP contribution in [0.2, 0.25) is 4.34 Å². The van der Waals surface area contributed by atoms with Crippen molar-refractivity contribution in [3.8, 4) is 0 Å². The van der Waals surface area contributed by atoms with E-state index in [4.69, 9.17) is 26.3 Å². The highest BCUT2D eigenvalue weighted by Crippen LogP contribution is 2.28. The fraction of sp³-hybridized carbons (Fsp3) is 0.417. The second-order valence-electron chi connectivity index (χ2n) is 5.01. The number of oxime groups is 1. The van der Waals surface area contributed by atoms with Crippen molar-refractivity contribution in [2.45, 2.75) is 26.4 Å². The second-order valence-corrected chi connectivity index (χ2v) is 6.61. The van der Waals surface area contributed by atoms with Gasteiger partial charge in [-0.3, -0.25) is 4.79 Å². The topological polar surface area (TPSA) is 127 Å². The van der Waals surface area contributed by atoms with Gasteiger partial charge in [0.2, 0.25) is 18.7 Å². The van der Waals surface area contributed by atoms with Gasteiger partial charge in [-0.2, -0.15) is 0 Å². The summed E-state index contributed by atoms with van der Waals surface area (Å²) < 4.78 is 4.97. The SMILES string of the molecule is CC(C)(C)OC(=O)CO/N=C(\C(=O)O)c1nc(NC=O)sc1Cl. The van der Waals surface area contributed by atoms with Gasteiger partial charge < -0.3 is 20.0 Å². The number of anilines is 1. The smallest absolute Gasteiger partial charge is 0.360 e. The van der Waals surface area contributed by atoms with Crippen LogP contribution >= 0.6 is 22.9 Å². The standard InChI is InChI=1S/C12H14ClN3O6S/c1-12(2,3)22-6(18)4-21-16-8(10(19)20)7-9(13)23-11(15-7)14-5-17/h5H,4H2,1-3H3,(H,19,20)(H,14,15,17)/b16-8-. The molecule has 0 bridgehead atoms. The number of aromatic nitrogens is 1. The maximum absolute atomic E-state index is 11.5. The van der Waals surface area contributed by atoms with Gasteiger partial charge in [0.05, 0.1) is 0 Å². The highest BCUT2D eigenvalue weighted by Gasteiger charge is 2.23. The lowest BCUT2D eigenvalue weighted by Crippen LogP contribution is -2.26. The third-order valence-electron chi connectivity index (χ3n) is 1.95. The van der Waals surface area contributed by atoms with Crippen molar-refractivity contribution in [2.75, 3.05) is 11.9 Å². The first-order valence-electron chi connectivity index (χ1n) is 6.16. The van der Waals surface area contributed by atoms with Crippen LogP contribution in [-0.4, -0.2) is 46.4 Å². The Balaban J connectivity index is 2.84. The molecule has 2 N–H and O–H groups in total. The largest absolute Gasteiger partial charge is 0.476 e. The van der Waals surface area contributed by atoms with Crippen LogP contribution in [0.4, 0.5) is 5.13 Å². The average Bonchev–Trinajstić information content (AvgIpc) is 2.73. The van der Waals surface area contributed by atoms with Crippen LogP contribution < -0.4 is 5.32 Å². The summed E-state index contributed by atoms with van der Waals surface area (Å²) in [4.78, 5) is 41.5. The number of esters is 1. The number of carboxylic acids is 1. The van der Waals surface area contributed by atoms with E-state index in [0.717, 1.165) is 11.3 Å². The van der Waals surface area contributed by atoms with Crippen LogP contribution in [-0.2, 0) is 24.0 Å². The van der Waals surface area contributed by atoms with E-state index in [1.54, 1.807) is 20.8 Å². The molecule has 1 amide bonds. The van der Waals surface area contributed by atoms with Crippen molar-refractivity contribution >= 4 is 52.1 Å². The zero-order valence-electron chi connectivity index (χ0n) is 12.5. The Bertz CT molecular complexity index is 637. The summed E-state index contributed by atoms with van der Waals surface area (Å²) in [5.41, 5.74) is -1.49. The Morgan fingerprint density at radius 2 is 2.13 bits per heavy atom. The predicted molar refractivity (Wildman–Crippen MR) is 82.8 cm³/mol. The first-order chi connectivity index (χ1) is 10.6. The minimum atomic E-state index is -1.46. The fourth-order valence-electron chi connectivity index (χ4n) is 1.26. The summed E-state index contributed by atoms with van der Waals surface area (Å²) in [6.07, 6.45) is 0.371. The minimum Gasteiger partial charge on any atom is -0.476 e. The maximum atomic E-state index is 11.5. The number of carbonyl (C=O) groups excluding carboxylic acids is 2. The molecule has 0 fully saturated rings. The van der Waals surface area contributed by atoms with Gasteiger partial charge in [-0.25, -0.2) is 14.6 Å². The monoisotopic (exact) mass is 363 g/mol. The third-order valence-corrected chi connectivity index (χ3v) is 3.14. The fourth-order valence-corrected chi connectivity index (χ4v) is 2.27. The van der Waals surface area contributed by atoms with E-state index in [-0.39, 0.29) is 15.2 Å². The summed E-state index contributed by atoms with van der Waals surface area (Å²) in [6.45, 7) is 4.45. The Hall–Kier alpha value is -2.20. The predicted octanol–water partition coefficient (Wildman–Crippen LogP) is 1.51. The number of rotatable bonds is 7. The van der Waals surface area contributed by atoms with Crippen molar-refractivity contribution in [1.29, 1.82) is 0 Å². The number of thiazole rings is 1. The quantitative estimate of drug-likeness (QED) is 0.325. The molecule has 0 unspecified atom stereocenters. The lowest BCUT2D eigenvalue weighted by Gasteiger charge is -2.18. The number of carboxylic acid groups (broad SMARTS) is 1. The van der Waals surface area contributed by atoms with Gasteiger partial charge in [0, 0.05) is 0 Å².